The second kappa shape index (κ2) is 5.11. The van der Waals surface area contributed by atoms with Gasteiger partial charge in [-0.25, -0.2) is 13.6 Å². The molecule has 6 heteroatoms. The highest BCUT2D eigenvalue weighted by Gasteiger charge is 2.21. The molecule has 0 spiro atoms. The summed E-state index contributed by atoms with van der Waals surface area (Å²) in [7, 11) is 0. The fourth-order valence-electron chi connectivity index (χ4n) is 2.20. The van der Waals surface area contributed by atoms with Crippen LogP contribution in [0.15, 0.2) is 39.5 Å². The van der Waals surface area contributed by atoms with Crippen molar-refractivity contribution in [3.63, 3.8) is 0 Å². The van der Waals surface area contributed by atoms with Crippen molar-refractivity contribution in [3.8, 4) is 0 Å². The molecule has 3 nitrogen and oxygen atoms in total. The van der Waals surface area contributed by atoms with E-state index in [0.717, 1.165) is 0 Å². The van der Waals surface area contributed by atoms with Crippen molar-refractivity contribution in [1.29, 1.82) is 0 Å². The molecular weight excluding hydrogens is 344 g/mol. The van der Waals surface area contributed by atoms with Crippen LogP contribution < -0.4 is 5.76 Å². The van der Waals surface area contributed by atoms with Crippen molar-refractivity contribution in [2.45, 2.75) is 11.8 Å². The Kier molecular flexibility index (Phi) is 3.41. The normalized spacial score (nSPS) is 12.8. The van der Waals surface area contributed by atoms with E-state index in [0.29, 0.717) is 22.2 Å². The van der Waals surface area contributed by atoms with Crippen LogP contribution in [0.25, 0.3) is 11.1 Å². The highest BCUT2D eigenvalue weighted by molar-refractivity contribution is 9.09. The van der Waals surface area contributed by atoms with Crippen LogP contribution in [-0.4, -0.2) is 4.98 Å². The lowest BCUT2D eigenvalue weighted by atomic mass is 10.0. The highest BCUT2D eigenvalue weighted by Crippen LogP contribution is 2.36. The molecular formula is C15H10BrF2NO2. The topological polar surface area (TPSA) is 46.0 Å². The number of aryl methyl sites for hydroxylation is 1. The third-order valence-electron chi connectivity index (χ3n) is 3.31. The molecule has 0 saturated heterocycles. The van der Waals surface area contributed by atoms with Gasteiger partial charge in [-0.1, -0.05) is 28.1 Å². The van der Waals surface area contributed by atoms with E-state index in [1.54, 1.807) is 25.1 Å². The lowest BCUT2D eigenvalue weighted by Crippen LogP contribution is -2.02. The van der Waals surface area contributed by atoms with Gasteiger partial charge >= 0.3 is 5.76 Å². The van der Waals surface area contributed by atoms with E-state index >= 15 is 0 Å². The summed E-state index contributed by atoms with van der Waals surface area (Å²) in [6, 6.07) is 7.51. The zero-order valence-corrected chi connectivity index (χ0v) is 12.5. The number of oxazole rings is 1. The van der Waals surface area contributed by atoms with Gasteiger partial charge in [-0.05, 0) is 36.2 Å². The minimum atomic E-state index is -0.679. The molecule has 0 aliphatic heterocycles. The maximum Gasteiger partial charge on any atom is 0.417 e. The summed E-state index contributed by atoms with van der Waals surface area (Å²) in [5.74, 6) is -1.79. The van der Waals surface area contributed by atoms with Crippen LogP contribution in [0.1, 0.15) is 21.5 Å². The predicted octanol–water partition coefficient (Wildman–Crippen LogP) is 4.19. The fraction of sp³-hybridized carbons (Fsp3) is 0.133. The van der Waals surface area contributed by atoms with E-state index in [1.807, 2.05) is 0 Å². The van der Waals surface area contributed by atoms with Gasteiger partial charge in [-0.2, -0.15) is 0 Å². The van der Waals surface area contributed by atoms with Crippen molar-refractivity contribution in [3.05, 3.63) is 69.2 Å². The highest BCUT2D eigenvalue weighted by atomic mass is 79.9. The van der Waals surface area contributed by atoms with Crippen molar-refractivity contribution in [1.82, 2.24) is 4.98 Å². The van der Waals surface area contributed by atoms with Gasteiger partial charge in [0.15, 0.2) is 5.58 Å². The largest absolute Gasteiger partial charge is 0.417 e. The number of nitrogens with one attached hydrogen (secondary N) is 1. The number of halogens is 3. The summed E-state index contributed by atoms with van der Waals surface area (Å²) in [6.45, 7) is 1.58. The van der Waals surface area contributed by atoms with Gasteiger partial charge in [0.05, 0.1) is 10.3 Å². The molecule has 3 aromatic rings. The Morgan fingerprint density at radius 1 is 1.24 bits per heavy atom. The lowest BCUT2D eigenvalue weighted by molar-refractivity contribution is 0.551. The molecule has 0 fully saturated rings. The number of alkyl halides is 1. The van der Waals surface area contributed by atoms with Crippen LogP contribution >= 0.6 is 15.9 Å². The first-order valence-corrected chi connectivity index (χ1v) is 7.10. The first-order chi connectivity index (χ1) is 9.97. The Labute approximate surface area is 126 Å². The summed E-state index contributed by atoms with van der Waals surface area (Å²) in [6.07, 6.45) is 0. The van der Waals surface area contributed by atoms with Crippen LogP contribution in [0, 0.1) is 18.6 Å². The molecule has 0 aliphatic rings. The number of aromatic nitrogens is 1. The number of fused-ring (bicyclic) bond motifs is 1. The standard InChI is InChI=1S/C15H10BrF2NO2/c1-7-2-4-9(17)12(14(7)18)13(16)8-3-5-10-11(6-8)21-15(20)19-10/h2-6,13H,1H3,(H,19,20). The first kappa shape index (κ1) is 14.0. The van der Waals surface area contributed by atoms with E-state index in [9.17, 15) is 13.6 Å². The van der Waals surface area contributed by atoms with Gasteiger partial charge in [0.25, 0.3) is 0 Å². The second-order valence-electron chi connectivity index (χ2n) is 4.72. The number of rotatable bonds is 2. The van der Waals surface area contributed by atoms with E-state index in [2.05, 4.69) is 20.9 Å². The molecule has 1 atom stereocenters. The maximum atomic E-state index is 14.2. The smallest absolute Gasteiger partial charge is 0.408 e. The van der Waals surface area contributed by atoms with E-state index in [4.69, 9.17) is 4.42 Å². The maximum absolute atomic E-state index is 14.2. The van der Waals surface area contributed by atoms with Crippen molar-refractivity contribution >= 4 is 27.0 Å². The molecule has 21 heavy (non-hydrogen) atoms. The molecule has 1 unspecified atom stereocenters. The number of benzene rings is 2. The average Bonchev–Trinajstić information content (AvgIpc) is 2.82. The zero-order valence-electron chi connectivity index (χ0n) is 10.9. The van der Waals surface area contributed by atoms with Gasteiger partial charge < -0.3 is 4.42 Å². The molecule has 1 N–H and O–H groups in total. The minimum Gasteiger partial charge on any atom is -0.408 e. The Morgan fingerprint density at radius 2 is 2.00 bits per heavy atom. The second-order valence-corrected chi connectivity index (χ2v) is 5.64. The first-order valence-electron chi connectivity index (χ1n) is 6.18. The molecule has 0 saturated carbocycles. The SMILES string of the molecule is Cc1ccc(F)c(C(Br)c2ccc3[nH]c(=O)oc3c2)c1F. The van der Waals surface area contributed by atoms with Crippen LogP contribution in [-0.2, 0) is 0 Å². The van der Waals surface area contributed by atoms with Gasteiger partial charge in [0.2, 0.25) is 0 Å². The Hall–Kier alpha value is -1.95. The summed E-state index contributed by atoms with van der Waals surface area (Å²) < 4.78 is 33.1. The van der Waals surface area contributed by atoms with Crippen LogP contribution in [0.4, 0.5) is 8.78 Å². The summed E-state index contributed by atoms with van der Waals surface area (Å²) in [5, 5.41) is 0. The molecule has 2 aromatic carbocycles. The zero-order chi connectivity index (χ0) is 15.1. The van der Waals surface area contributed by atoms with E-state index < -0.39 is 22.2 Å². The molecule has 1 aromatic heterocycles. The predicted molar refractivity (Wildman–Crippen MR) is 78.7 cm³/mol. The third kappa shape index (κ3) is 2.40. The number of hydrogen-bond acceptors (Lipinski definition) is 2. The van der Waals surface area contributed by atoms with Crippen LogP contribution in [0.2, 0.25) is 0 Å². The average molecular weight is 354 g/mol. The van der Waals surface area contributed by atoms with E-state index in [-0.39, 0.29) is 5.56 Å². The van der Waals surface area contributed by atoms with Crippen molar-refractivity contribution in [2.75, 3.05) is 0 Å². The number of aromatic amines is 1. The summed E-state index contributed by atoms with van der Waals surface area (Å²) >= 11 is 3.31. The quantitative estimate of drug-likeness (QED) is 0.702. The van der Waals surface area contributed by atoms with Gasteiger partial charge in [0, 0.05) is 5.56 Å². The molecule has 0 amide bonds. The van der Waals surface area contributed by atoms with Gasteiger partial charge in [-0.15, -0.1) is 0 Å². The van der Waals surface area contributed by atoms with Crippen LogP contribution in [0.3, 0.4) is 0 Å². The molecule has 0 bridgehead atoms. The Balaban J connectivity index is 2.14. The number of H-pyrrole nitrogens is 1. The number of hydrogen-bond donors (Lipinski definition) is 1. The lowest BCUT2D eigenvalue weighted by Gasteiger charge is -2.14. The van der Waals surface area contributed by atoms with Crippen molar-refractivity contribution < 1.29 is 13.2 Å². The minimum absolute atomic E-state index is 0.0627. The molecule has 108 valence electrons. The van der Waals surface area contributed by atoms with Crippen molar-refractivity contribution in [2.24, 2.45) is 0 Å². The third-order valence-corrected chi connectivity index (χ3v) is 4.30. The van der Waals surface area contributed by atoms with Gasteiger partial charge in [0.1, 0.15) is 11.6 Å². The monoisotopic (exact) mass is 353 g/mol. The Morgan fingerprint density at radius 3 is 2.76 bits per heavy atom. The summed E-state index contributed by atoms with van der Waals surface area (Å²) in [4.78, 5) is 13.0. The molecule has 0 aliphatic carbocycles. The molecule has 1 heterocycles. The molecule has 3 rings (SSSR count). The van der Waals surface area contributed by atoms with Crippen LogP contribution in [0.5, 0.6) is 0 Å². The fourth-order valence-corrected chi connectivity index (χ4v) is 2.90. The Bertz CT molecular complexity index is 885. The van der Waals surface area contributed by atoms with E-state index in [1.165, 1.54) is 12.1 Å². The van der Waals surface area contributed by atoms with Gasteiger partial charge in [-0.3, -0.25) is 4.98 Å². The summed E-state index contributed by atoms with van der Waals surface area (Å²) in [5.41, 5.74) is 1.77. The molecule has 0 radical (unpaired) electrons.